The normalized spacial score (nSPS) is 10.5. The van der Waals surface area contributed by atoms with Crippen LogP contribution in [0.15, 0.2) is 325 Å². The number of nitrogens with one attached hydrogen (secondary N) is 5. The molecule has 0 saturated carbocycles. The predicted octanol–water partition coefficient (Wildman–Crippen LogP) is 23.1. The van der Waals surface area contributed by atoms with Crippen molar-refractivity contribution in [2.75, 3.05) is 60.8 Å². The first-order valence-electron chi connectivity index (χ1n) is 39.3. The minimum absolute atomic E-state index is 0.0103. The highest BCUT2D eigenvalue weighted by molar-refractivity contribution is 7.14. The molecule has 10 heterocycles. The van der Waals surface area contributed by atoms with E-state index in [2.05, 4.69) is 101 Å². The number of methoxy groups -OCH3 is 4. The maximum absolute atomic E-state index is 13.8. The molecule has 0 bridgehead atoms. The van der Waals surface area contributed by atoms with Crippen LogP contribution in [0, 0.1) is 15.9 Å². The number of benzene rings is 9. The van der Waals surface area contributed by atoms with Crippen LogP contribution in [0.4, 0.5) is 73.9 Å². The molecule has 0 aliphatic carbocycles. The van der Waals surface area contributed by atoms with Crippen LogP contribution in [-0.4, -0.2) is 108 Å². The zero-order valence-electron chi connectivity index (χ0n) is 69.3. The Labute approximate surface area is 763 Å². The number of anilines is 11. The van der Waals surface area contributed by atoms with Gasteiger partial charge in [-0.15, -0.1) is 56.7 Å². The van der Waals surface area contributed by atoms with Gasteiger partial charge in [-0.05, 0) is 168 Å². The fourth-order valence-corrected chi connectivity index (χ4v) is 15.3. The highest BCUT2D eigenvalue weighted by Gasteiger charge is 2.19. The van der Waals surface area contributed by atoms with Gasteiger partial charge in [-0.1, -0.05) is 66.7 Å². The van der Waals surface area contributed by atoms with Crippen LogP contribution in [0.5, 0.6) is 40.2 Å². The van der Waals surface area contributed by atoms with Crippen molar-refractivity contribution in [3.63, 3.8) is 0 Å². The summed E-state index contributed by atoms with van der Waals surface area (Å²) in [6, 6.07) is 71.9. The number of nitrogens with zero attached hydrogens (tertiary/aromatic N) is 16. The highest BCUT2D eigenvalue weighted by atomic mass is 32.1. The number of non-ortho nitro benzene ring substituents is 1. The number of aromatic nitrogens is 15. The number of nitro groups is 1. The Balaban J connectivity index is 0.000000125. The van der Waals surface area contributed by atoms with Crippen LogP contribution in [0.3, 0.4) is 0 Å². The van der Waals surface area contributed by atoms with Gasteiger partial charge in [-0.3, -0.25) is 10.1 Å². The van der Waals surface area contributed by atoms with E-state index in [1.54, 1.807) is 130 Å². The molecule has 36 heteroatoms. The lowest BCUT2D eigenvalue weighted by atomic mass is 10.0. The number of hydrogen-bond acceptors (Lipinski definition) is 34. The van der Waals surface area contributed by atoms with Crippen molar-refractivity contribution in [3.05, 3.63) is 347 Å². The summed E-state index contributed by atoms with van der Waals surface area (Å²) in [5.41, 5.74) is 18.7. The quantitative estimate of drug-likeness (QED) is 0.0158. The minimum Gasteiger partial charge on any atom is -0.497 e. The summed E-state index contributed by atoms with van der Waals surface area (Å²) in [7, 11) is 6.32. The fourth-order valence-electron chi connectivity index (χ4n) is 12.2. The molecule has 7 N–H and O–H groups in total. The molecule has 19 rings (SSSR count). The second-order valence-electron chi connectivity index (χ2n) is 26.9. The van der Waals surface area contributed by atoms with Gasteiger partial charge in [0.15, 0.2) is 11.5 Å². The van der Waals surface area contributed by atoms with E-state index in [1.807, 2.05) is 215 Å². The van der Waals surface area contributed by atoms with Crippen LogP contribution in [0.2, 0.25) is 0 Å². The van der Waals surface area contributed by atoms with Gasteiger partial charge < -0.3 is 60.7 Å². The molecule has 0 amide bonds. The predicted molar refractivity (Wildman–Crippen MR) is 510 cm³/mol. The average molecular weight is 1820 g/mol. The van der Waals surface area contributed by atoms with E-state index < -0.39 is 4.92 Å². The topological polar surface area (TPSA) is 378 Å². The number of halogens is 1. The van der Waals surface area contributed by atoms with Gasteiger partial charge in [-0.25, -0.2) is 79.2 Å². The fraction of sp³-hybridized carbons (Fsp3) is 0.0532. The number of nitrogen functional groups attached to an aromatic ring is 1. The second kappa shape index (κ2) is 44.4. The van der Waals surface area contributed by atoms with Crippen molar-refractivity contribution in [2.24, 2.45) is 0 Å². The summed E-state index contributed by atoms with van der Waals surface area (Å²) in [5.74, 6) is 6.60. The van der Waals surface area contributed by atoms with Crippen molar-refractivity contribution in [3.8, 4) is 116 Å². The first kappa shape index (κ1) is 88.3. The van der Waals surface area contributed by atoms with Crippen LogP contribution in [0.25, 0.3) is 75.8 Å². The van der Waals surface area contributed by atoms with E-state index in [4.69, 9.17) is 34.2 Å². The SMILES string of the molecule is COc1cc(F)cc(-c2cccc(Nc3nccc(-c4nccs4)n3)c2)c1.COc1ccc(-c2cccc(Nc3nccc(-c4nccs4)n3)c2)c(OC)c1OC.Nc1cccc(COc2cccc(Nc3nccc(-c4nccs4)n3)c2)c1.O=[N+]([O-])c1cccc(Nc2nccc(-c3nccs3)n2)c1.c1ccc(Oc2ccc(Nc3nccc(-c4nccs4)n3)cc2)cc1. The molecule has 0 aliphatic rings. The molecule has 0 radical (unpaired) electrons. The van der Waals surface area contributed by atoms with Crippen LogP contribution in [-0.2, 0) is 6.61 Å². The van der Waals surface area contributed by atoms with Crippen LogP contribution < -0.4 is 60.7 Å². The lowest BCUT2D eigenvalue weighted by Crippen LogP contribution is -1.99. The van der Waals surface area contributed by atoms with E-state index in [9.17, 15) is 14.5 Å². The van der Waals surface area contributed by atoms with Gasteiger partial charge in [0.2, 0.25) is 35.5 Å². The summed E-state index contributed by atoms with van der Waals surface area (Å²) in [6.07, 6.45) is 17.2. The number of nitrogens with two attached hydrogens (primary N) is 1. The summed E-state index contributed by atoms with van der Waals surface area (Å²) in [6.45, 7) is 0.449. The van der Waals surface area contributed by atoms with Gasteiger partial charge >= 0.3 is 0 Å². The summed E-state index contributed by atoms with van der Waals surface area (Å²) >= 11 is 7.62. The zero-order valence-corrected chi connectivity index (χ0v) is 73.4. The van der Waals surface area contributed by atoms with Gasteiger partial charge in [0.1, 0.15) is 88.9 Å². The maximum atomic E-state index is 13.8. The lowest BCUT2D eigenvalue weighted by molar-refractivity contribution is -0.384. The van der Waals surface area contributed by atoms with Crippen molar-refractivity contribution in [2.45, 2.75) is 6.61 Å². The van der Waals surface area contributed by atoms with Gasteiger partial charge in [0.25, 0.3) is 5.69 Å². The van der Waals surface area contributed by atoms with E-state index in [0.717, 1.165) is 121 Å². The number of ether oxygens (including phenoxy) is 6. The van der Waals surface area contributed by atoms with Crippen molar-refractivity contribution in [1.82, 2.24) is 74.8 Å². The van der Waals surface area contributed by atoms with Crippen molar-refractivity contribution < 1.29 is 37.7 Å². The Bertz CT molecular complexity index is 6870. The summed E-state index contributed by atoms with van der Waals surface area (Å²) in [4.78, 5) is 75.2. The Morgan fingerprint density at radius 3 is 1.22 bits per heavy atom. The van der Waals surface area contributed by atoms with Crippen molar-refractivity contribution in [1.29, 1.82) is 0 Å². The summed E-state index contributed by atoms with van der Waals surface area (Å²) in [5, 5.41) is 40.3. The molecule has 0 spiro atoms. The standard InChI is InChI=1S/C22H20N4O3S.C20H15FN4OS.C20H17N5OS.C19H14N4OS.C13H9N5O2S/c1-27-18-8-7-16(19(28-2)20(18)29-3)14-5-4-6-15(13-14)25-22-24-10-9-17(26-22)21-23-11-12-30-21;1-26-17-11-14(9-15(21)12-17)13-3-2-4-16(10-13)24-20-23-6-5-18(25-20)19-22-7-8-27-19;21-15-4-1-3-14(11-15)13-26-17-6-2-5-16(12-17)24-20-23-8-7-18(25-20)19-22-9-10-27-19;1-2-4-15(5-3-1)24-16-8-6-14(7-9-16)22-19-21-11-10-17(23-19)18-20-12-13-25-18;19-18(20)10-3-1-2-9(8-10)16-13-15-5-4-11(17-13)12-14-6-7-21-12/h4-13H,1-3H3,(H,24,25,26);2-12H,1H3,(H,23,24,25);1-12H,13,21H2,(H,23,24,25);1-13H,(H,21,22,23);1-8H,(H,15,16,17). The van der Waals surface area contributed by atoms with E-state index in [0.29, 0.717) is 70.7 Å². The zero-order chi connectivity index (χ0) is 89.6. The van der Waals surface area contributed by atoms with Crippen molar-refractivity contribution >= 4 is 126 Å². The van der Waals surface area contributed by atoms with Crippen LogP contribution in [0.1, 0.15) is 5.56 Å². The van der Waals surface area contributed by atoms with E-state index in [-0.39, 0.29) is 11.5 Å². The smallest absolute Gasteiger partial charge is 0.271 e. The molecule has 0 aliphatic heterocycles. The number of para-hydroxylation sites is 1. The number of thiazole rings is 5. The van der Waals surface area contributed by atoms with Gasteiger partial charge in [0.05, 0.1) is 33.4 Å². The molecular formula is C94H75FN22O8S5. The molecule has 0 saturated heterocycles. The molecule has 0 atom stereocenters. The Hall–Kier alpha value is -16.5. The molecule has 0 unspecified atom stereocenters. The minimum atomic E-state index is -0.446. The lowest BCUT2D eigenvalue weighted by Gasteiger charge is -2.16. The third kappa shape index (κ3) is 24.7. The third-order valence-electron chi connectivity index (χ3n) is 18.1. The number of hydrogen-bond donors (Lipinski definition) is 6. The van der Waals surface area contributed by atoms with E-state index >= 15 is 0 Å². The molecule has 19 aromatic rings. The average Bonchev–Trinajstić information content (AvgIpc) is 0.887. The molecule has 646 valence electrons. The molecule has 130 heavy (non-hydrogen) atoms. The Morgan fingerprint density at radius 1 is 0.346 bits per heavy atom. The summed E-state index contributed by atoms with van der Waals surface area (Å²) < 4.78 is 47.1. The third-order valence-corrected chi connectivity index (χ3v) is 22.1. The maximum Gasteiger partial charge on any atom is 0.271 e. The molecule has 30 nitrogen and oxygen atoms in total. The number of nitro benzene ring substituents is 1. The number of rotatable bonds is 27. The second-order valence-corrected chi connectivity index (χ2v) is 31.3. The highest BCUT2D eigenvalue weighted by Crippen LogP contribution is 2.45. The van der Waals surface area contributed by atoms with E-state index in [1.165, 1.54) is 65.4 Å². The molecule has 0 fully saturated rings. The first-order chi connectivity index (χ1) is 63.8. The van der Waals surface area contributed by atoms with Crippen LogP contribution >= 0.6 is 56.7 Å². The Morgan fingerprint density at radius 2 is 0.769 bits per heavy atom. The Kier molecular flexibility index (Phi) is 30.1. The monoisotopic (exact) mass is 1820 g/mol. The molecular weight excluding hydrogens is 1740 g/mol. The first-order valence-corrected chi connectivity index (χ1v) is 43.7. The largest absolute Gasteiger partial charge is 0.497 e. The van der Waals surface area contributed by atoms with Gasteiger partial charge in [0, 0.05) is 153 Å². The molecule has 9 aromatic carbocycles. The van der Waals surface area contributed by atoms with Gasteiger partial charge in [-0.2, -0.15) is 0 Å². The molecule has 10 aromatic heterocycles.